The Kier molecular flexibility index (Phi) is 2.55. The standard InChI is InChI=1S/C10H14N4O/c1-7(11)6-14(2)10-13-9-8(15-10)4-3-5-12-9/h3-5,7H,6,11H2,1-2H3. The van der Waals surface area contributed by atoms with Gasteiger partial charge in [0.2, 0.25) is 5.65 Å². The van der Waals surface area contributed by atoms with E-state index in [2.05, 4.69) is 9.97 Å². The summed E-state index contributed by atoms with van der Waals surface area (Å²) in [5.74, 6) is 0. The molecular formula is C10H14N4O. The van der Waals surface area contributed by atoms with Crippen LogP contribution in [-0.2, 0) is 0 Å². The molecule has 0 spiro atoms. The smallest absolute Gasteiger partial charge is 0.299 e. The van der Waals surface area contributed by atoms with E-state index in [4.69, 9.17) is 10.2 Å². The van der Waals surface area contributed by atoms with Gasteiger partial charge in [0, 0.05) is 25.8 Å². The third kappa shape index (κ3) is 2.07. The van der Waals surface area contributed by atoms with Gasteiger partial charge in [0.1, 0.15) is 0 Å². The van der Waals surface area contributed by atoms with Crippen LogP contribution >= 0.6 is 0 Å². The van der Waals surface area contributed by atoms with Crippen molar-refractivity contribution in [3.8, 4) is 0 Å². The van der Waals surface area contributed by atoms with Gasteiger partial charge in [-0.2, -0.15) is 4.98 Å². The maximum absolute atomic E-state index is 5.70. The number of aromatic nitrogens is 2. The highest BCUT2D eigenvalue weighted by Gasteiger charge is 2.11. The van der Waals surface area contributed by atoms with E-state index in [9.17, 15) is 0 Å². The fourth-order valence-electron chi connectivity index (χ4n) is 1.43. The van der Waals surface area contributed by atoms with Gasteiger partial charge in [0.15, 0.2) is 5.58 Å². The summed E-state index contributed by atoms with van der Waals surface area (Å²) in [7, 11) is 1.90. The summed E-state index contributed by atoms with van der Waals surface area (Å²) in [6, 6.07) is 4.31. The summed E-state index contributed by atoms with van der Waals surface area (Å²) < 4.78 is 5.53. The highest BCUT2D eigenvalue weighted by Crippen LogP contribution is 2.18. The summed E-state index contributed by atoms with van der Waals surface area (Å²) in [6.07, 6.45) is 1.69. The Balaban J connectivity index is 2.28. The van der Waals surface area contributed by atoms with Crippen molar-refractivity contribution in [1.29, 1.82) is 0 Å². The maximum atomic E-state index is 5.70. The minimum atomic E-state index is 0.0815. The minimum Gasteiger partial charge on any atom is -0.422 e. The molecule has 0 amide bonds. The third-order valence-corrected chi connectivity index (χ3v) is 2.04. The molecule has 5 heteroatoms. The zero-order valence-electron chi connectivity index (χ0n) is 8.84. The Morgan fingerprint density at radius 3 is 3.07 bits per heavy atom. The molecule has 1 unspecified atom stereocenters. The topological polar surface area (TPSA) is 68.2 Å². The van der Waals surface area contributed by atoms with Crippen LogP contribution in [0.1, 0.15) is 6.92 Å². The van der Waals surface area contributed by atoms with Crippen molar-refractivity contribution in [2.45, 2.75) is 13.0 Å². The van der Waals surface area contributed by atoms with E-state index in [1.165, 1.54) is 0 Å². The molecule has 2 aromatic heterocycles. The van der Waals surface area contributed by atoms with Crippen LogP contribution in [0.4, 0.5) is 6.01 Å². The Morgan fingerprint density at radius 2 is 2.40 bits per heavy atom. The van der Waals surface area contributed by atoms with Crippen molar-refractivity contribution >= 4 is 17.2 Å². The molecule has 2 rings (SSSR count). The molecule has 0 fully saturated rings. The summed E-state index contributed by atoms with van der Waals surface area (Å²) in [5, 5.41) is 0. The molecule has 0 saturated carbocycles. The van der Waals surface area contributed by atoms with Crippen LogP contribution in [0.2, 0.25) is 0 Å². The molecule has 15 heavy (non-hydrogen) atoms. The highest BCUT2D eigenvalue weighted by molar-refractivity contribution is 5.69. The van der Waals surface area contributed by atoms with E-state index in [1.807, 2.05) is 31.0 Å². The fourth-order valence-corrected chi connectivity index (χ4v) is 1.43. The molecule has 0 aliphatic rings. The van der Waals surface area contributed by atoms with Crippen molar-refractivity contribution in [3.05, 3.63) is 18.3 Å². The Morgan fingerprint density at radius 1 is 1.60 bits per heavy atom. The van der Waals surface area contributed by atoms with Gasteiger partial charge in [-0.1, -0.05) is 0 Å². The minimum absolute atomic E-state index is 0.0815. The molecule has 2 N–H and O–H groups in total. The van der Waals surface area contributed by atoms with Gasteiger partial charge >= 0.3 is 0 Å². The summed E-state index contributed by atoms with van der Waals surface area (Å²) in [5.41, 5.74) is 7.03. The number of nitrogens with two attached hydrogens (primary N) is 1. The molecule has 5 nitrogen and oxygen atoms in total. The Labute approximate surface area is 87.9 Å². The molecule has 2 aromatic rings. The molecule has 0 bridgehead atoms. The molecule has 0 aromatic carbocycles. The number of likely N-dealkylation sites (N-methyl/N-ethyl adjacent to an activating group) is 1. The number of anilines is 1. The summed E-state index contributed by atoms with van der Waals surface area (Å²) in [6.45, 7) is 2.64. The Hall–Kier alpha value is -1.62. The highest BCUT2D eigenvalue weighted by atomic mass is 16.4. The first-order valence-corrected chi connectivity index (χ1v) is 4.85. The first kappa shape index (κ1) is 9.92. The van der Waals surface area contributed by atoms with Gasteiger partial charge in [0.05, 0.1) is 0 Å². The zero-order valence-corrected chi connectivity index (χ0v) is 8.84. The molecule has 0 aliphatic heterocycles. The number of rotatable bonds is 3. The average Bonchev–Trinajstić information content (AvgIpc) is 2.59. The summed E-state index contributed by atoms with van der Waals surface area (Å²) in [4.78, 5) is 10.2. The first-order valence-electron chi connectivity index (χ1n) is 4.85. The third-order valence-electron chi connectivity index (χ3n) is 2.04. The van der Waals surface area contributed by atoms with E-state index in [0.717, 1.165) is 0 Å². The number of hydrogen-bond acceptors (Lipinski definition) is 5. The van der Waals surface area contributed by atoms with E-state index >= 15 is 0 Å². The fraction of sp³-hybridized carbons (Fsp3) is 0.400. The van der Waals surface area contributed by atoms with E-state index < -0.39 is 0 Å². The van der Waals surface area contributed by atoms with Crippen LogP contribution < -0.4 is 10.6 Å². The lowest BCUT2D eigenvalue weighted by atomic mass is 10.3. The molecule has 0 aliphatic carbocycles. The van der Waals surface area contributed by atoms with Crippen LogP contribution in [0.25, 0.3) is 11.2 Å². The van der Waals surface area contributed by atoms with Crippen molar-refractivity contribution in [2.75, 3.05) is 18.5 Å². The zero-order chi connectivity index (χ0) is 10.8. The van der Waals surface area contributed by atoms with Crippen LogP contribution in [0.15, 0.2) is 22.7 Å². The van der Waals surface area contributed by atoms with Gasteiger partial charge in [-0.25, -0.2) is 4.98 Å². The maximum Gasteiger partial charge on any atom is 0.299 e. The lowest BCUT2D eigenvalue weighted by molar-refractivity contribution is 0.569. The van der Waals surface area contributed by atoms with E-state index in [-0.39, 0.29) is 6.04 Å². The lowest BCUT2D eigenvalue weighted by Gasteiger charge is -2.16. The SMILES string of the molecule is CC(N)CN(C)c1nc2ncccc2o1. The molecule has 0 saturated heterocycles. The van der Waals surface area contributed by atoms with E-state index in [0.29, 0.717) is 23.8 Å². The van der Waals surface area contributed by atoms with Gasteiger partial charge in [-0.05, 0) is 19.1 Å². The van der Waals surface area contributed by atoms with Crippen molar-refractivity contribution < 1.29 is 4.42 Å². The molecular weight excluding hydrogens is 192 g/mol. The van der Waals surface area contributed by atoms with Gasteiger partial charge in [-0.15, -0.1) is 0 Å². The molecule has 2 heterocycles. The number of fused-ring (bicyclic) bond motifs is 1. The van der Waals surface area contributed by atoms with Gasteiger partial charge in [-0.3, -0.25) is 0 Å². The molecule has 80 valence electrons. The second kappa shape index (κ2) is 3.86. The predicted octanol–water partition coefficient (Wildman–Crippen LogP) is 1.01. The molecule has 0 radical (unpaired) electrons. The van der Waals surface area contributed by atoms with Gasteiger partial charge in [0.25, 0.3) is 6.01 Å². The van der Waals surface area contributed by atoms with Crippen LogP contribution in [-0.4, -0.2) is 29.6 Å². The second-order valence-electron chi connectivity index (χ2n) is 3.68. The average molecular weight is 206 g/mol. The monoisotopic (exact) mass is 206 g/mol. The predicted molar refractivity (Wildman–Crippen MR) is 58.7 cm³/mol. The number of pyridine rings is 1. The van der Waals surface area contributed by atoms with Crippen LogP contribution in [0.5, 0.6) is 0 Å². The second-order valence-corrected chi connectivity index (χ2v) is 3.68. The van der Waals surface area contributed by atoms with Crippen LogP contribution in [0, 0.1) is 0 Å². The number of hydrogen-bond donors (Lipinski definition) is 1. The quantitative estimate of drug-likeness (QED) is 0.811. The largest absolute Gasteiger partial charge is 0.422 e. The first-order chi connectivity index (χ1) is 7.16. The molecule has 1 atom stereocenters. The number of nitrogens with zero attached hydrogens (tertiary/aromatic N) is 3. The van der Waals surface area contributed by atoms with Crippen molar-refractivity contribution in [2.24, 2.45) is 5.73 Å². The van der Waals surface area contributed by atoms with Gasteiger partial charge < -0.3 is 15.1 Å². The summed E-state index contributed by atoms with van der Waals surface area (Å²) >= 11 is 0. The van der Waals surface area contributed by atoms with Crippen LogP contribution in [0.3, 0.4) is 0 Å². The van der Waals surface area contributed by atoms with Crippen molar-refractivity contribution in [1.82, 2.24) is 9.97 Å². The number of oxazole rings is 1. The Bertz CT molecular complexity index is 418. The van der Waals surface area contributed by atoms with E-state index in [1.54, 1.807) is 6.20 Å². The van der Waals surface area contributed by atoms with Crippen molar-refractivity contribution in [3.63, 3.8) is 0 Å². The lowest BCUT2D eigenvalue weighted by Crippen LogP contribution is -2.32. The normalized spacial score (nSPS) is 13.0.